The number of hydrogen-bond donors (Lipinski definition) is 1. The van der Waals surface area contributed by atoms with E-state index >= 15 is 0 Å². The molecule has 7 heteroatoms. The van der Waals surface area contributed by atoms with Gasteiger partial charge in [-0.15, -0.1) is 0 Å². The number of nitrogens with zero attached hydrogens (tertiary/aromatic N) is 1. The third-order valence-electron chi connectivity index (χ3n) is 3.46. The van der Waals surface area contributed by atoms with Gasteiger partial charge in [-0.05, 0) is 13.0 Å². The lowest BCUT2D eigenvalue weighted by Gasteiger charge is -2.17. The van der Waals surface area contributed by atoms with Crippen molar-refractivity contribution in [3.63, 3.8) is 0 Å². The van der Waals surface area contributed by atoms with Gasteiger partial charge in [0.05, 0.1) is 21.7 Å². The number of aromatic nitrogens is 1. The fourth-order valence-corrected chi connectivity index (χ4v) is 2.96. The normalized spacial score (nSPS) is 19.5. The number of ether oxygens (including phenoxy) is 1. The Morgan fingerprint density at radius 3 is 2.68 bits per heavy atom. The molecule has 2 heterocycles. The van der Waals surface area contributed by atoms with Crippen molar-refractivity contribution >= 4 is 29.1 Å². The summed E-state index contributed by atoms with van der Waals surface area (Å²) < 4.78 is 18.8. The number of carbonyl (C=O) groups excluding carboxylic acids is 1. The zero-order valence-corrected chi connectivity index (χ0v) is 13.0. The van der Waals surface area contributed by atoms with E-state index in [9.17, 15) is 9.18 Å². The number of halogens is 3. The molecule has 0 bridgehead atoms. The predicted octanol–water partition coefficient (Wildman–Crippen LogP) is 3.78. The number of amides is 1. The van der Waals surface area contributed by atoms with Gasteiger partial charge in [0.15, 0.2) is 0 Å². The molecule has 1 aliphatic rings. The summed E-state index contributed by atoms with van der Waals surface area (Å²) in [6.07, 6.45) is 2.36. The Bertz CT molecular complexity index is 734. The number of fused-ring (bicyclic) bond motifs is 1. The zero-order chi connectivity index (χ0) is 15.9. The predicted molar refractivity (Wildman–Crippen MR) is 81.0 cm³/mol. The molecule has 0 spiro atoms. The Balaban J connectivity index is 1.89. The minimum atomic E-state index is -0.435. The quantitative estimate of drug-likeness (QED) is 0.904. The Kier molecular flexibility index (Phi) is 3.93. The van der Waals surface area contributed by atoms with E-state index in [4.69, 9.17) is 27.9 Å². The maximum absolute atomic E-state index is 13.2. The molecule has 2 unspecified atom stereocenters. The number of nitrogens with one attached hydrogen (secondary N) is 1. The van der Waals surface area contributed by atoms with Crippen LogP contribution in [0.4, 0.5) is 4.39 Å². The van der Waals surface area contributed by atoms with E-state index in [0.717, 1.165) is 0 Å². The van der Waals surface area contributed by atoms with Crippen LogP contribution in [0.2, 0.25) is 10.0 Å². The van der Waals surface area contributed by atoms with Crippen LogP contribution >= 0.6 is 23.2 Å². The molecule has 1 aromatic carbocycles. The van der Waals surface area contributed by atoms with Gasteiger partial charge in [0.25, 0.3) is 5.91 Å². The van der Waals surface area contributed by atoms with E-state index < -0.39 is 17.8 Å². The second kappa shape index (κ2) is 5.74. The first-order chi connectivity index (χ1) is 10.5. The van der Waals surface area contributed by atoms with Crippen LogP contribution in [0.15, 0.2) is 30.6 Å². The number of pyridine rings is 1. The van der Waals surface area contributed by atoms with Crippen molar-refractivity contribution in [2.75, 3.05) is 0 Å². The first-order valence-electron chi connectivity index (χ1n) is 6.53. The minimum Gasteiger partial charge on any atom is -0.488 e. The topological polar surface area (TPSA) is 51.2 Å². The molecule has 1 N–H and O–H groups in total. The Labute approximate surface area is 136 Å². The van der Waals surface area contributed by atoms with Crippen LogP contribution in [-0.4, -0.2) is 17.0 Å². The summed E-state index contributed by atoms with van der Waals surface area (Å²) in [6.45, 7) is 1.79. The highest BCUT2D eigenvalue weighted by Crippen LogP contribution is 2.37. The van der Waals surface area contributed by atoms with Gasteiger partial charge in [-0.1, -0.05) is 29.3 Å². The van der Waals surface area contributed by atoms with Crippen molar-refractivity contribution in [3.8, 4) is 5.75 Å². The van der Waals surface area contributed by atoms with Gasteiger partial charge >= 0.3 is 0 Å². The molecule has 0 saturated carbocycles. The largest absolute Gasteiger partial charge is 0.488 e. The molecule has 0 saturated heterocycles. The average molecular weight is 341 g/mol. The first kappa shape index (κ1) is 15.1. The standard InChI is InChI=1S/C15H11Cl2FN2O2/c1-7-14(9-3-2-8(18)4-12(9)22-7)20-15(21)13-10(16)5-19-6-11(13)17/h2-7,14H,1H3,(H,20,21). The van der Waals surface area contributed by atoms with Crippen LogP contribution in [0.3, 0.4) is 0 Å². The summed E-state index contributed by atoms with van der Waals surface area (Å²) in [4.78, 5) is 16.2. The van der Waals surface area contributed by atoms with Crippen LogP contribution in [0.5, 0.6) is 5.75 Å². The van der Waals surface area contributed by atoms with Crippen LogP contribution in [0, 0.1) is 5.82 Å². The maximum atomic E-state index is 13.2. The molecule has 114 valence electrons. The summed E-state index contributed by atoms with van der Waals surface area (Å²) in [5.74, 6) is -0.405. The molecule has 22 heavy (non-hydrogen) atoms. The Morgan fingerprint density at radius 2 is 2.00 bits per heavy atom. The van der Waals surface area contributed by atoms with Gasteiger partial charge in [0.2, 0.25) is 0 Å². The fourth-order valence-electron chi connectivity index (χ4n) is 2.43. The summed E-state index contributed by atoms with van der Waals surface area (Å²) in [5.41, 5.74) is 0.865. The minimum absolute atomic E-state index is 0.154. The van der Waals surface area contributed by atoms with E-state index in [1.165, 1.54) is 24.5 Å². The van der Waals surface area contributed by atoms with Gasteiger partial charge in [-0.2, -0.15) is 0 Å². The van der Waals surface area contributed by atoms with E-state index in [2.05, 4.69) is 10.3 Å². The summed E-state index contributed by atoms with van der Waals surface area (Å²) >= 11 is 12.0. The van der Waals surface area contributed by atoms with E-state index in [0.29, 0.717) is 11.3 Å². The highest BCUT2D eigenvalue weighted by molar-refractivity contribution is 6.39. The van der Waals surface area contributed by atoms with Crippen LogP contribution < -0.4 is 10.1 Å². The van der Waals surface area contributed by atoms with Crippen molar-refractivity contribution < 1.29 is 13.9 Å². The Hall–Kier alpha value is -1.85. The van der Waals surface area contributed by atoms with Crippen LogP contribution in [-0.2, 0) is 0 Å². The maximum Gasteiger partial charge on any atom is 0.255 e. The van der Waals surface area contributed by atoms with E-state index in [1.54, 1.807) is 13.0 Å². The second-order valence-corrected chi connectivity index (χ2v) is 5.75. The molecule has 0 radical (unpaired) electrons. The third-order valence-corrected chi connectivity index (χ3v) is 4.03. The summed E-state index contributed by atoms with van der Waals surface area (Å²) in [6, 6.07) is 3.80. The molecule has 0 aliphatic carbocycles. The lowest BCUT2D eigenvalue weighted by Crippen LogP contribution is -2.34. The smallest absolute Gasteiger partial charge is 0.255 e. The van der Waals surface area contributed by atoms with Crippen LogP contribution in [0.25, 0.3) is 0 Å². The van der Waals surface area contributed by atoms with Gasteiger partial charge in [0, 0.05) is 24.0 Å². The molecular formula is C15H11Cl2FN2O2. The molecule has 3 rings (SSSR count). The fraction of sp³-hybridized carbons (Fsp3) is 0.200. The highest BCUT2D eigenvalue weighted by atomic mass is 35.5. The Morgan fingerprint density at radius 1 is 1.32 bits per heavy atom. The number of benzene rings is 1. The molecule has 4 nitrogen and oxygen atoms in total. The van der Waals surface area contributed by atoms with Crippen LogP contribution in [0.1, 0.15) is 28.9 Å². The van der Waals surface area contributed by atoms with E-state index in [1.807, 2.05) is 0 Å². The van der Waals surface area contributed by atoms with Gasteiger partial charge < -0.3 is 10.1 Å². The highest BCUT2D eigenvalue weighted by Gasteiger charge is 2.33. The first-order valence-corrected chi connectivity index (χ1v) is 7.29. The molecule has 1 aliphatic heterocycles. The monoisotopic (exact) mass is 340 g/mol. The SMILES string of the molecule is CC1Oc2cc(F)ccc2C1NC(=O)c1c(Cl)cncc1Cl. The van der Waals surface area contributed by atoms with Crippen molar-refractivity contribution in [1.82, 2.24) is 10.3 Å². The molecule has 0 fully saturated rings. The van der Waals surface area contributed by atoms with Crippen molar-refractivity contribution in [3.05, 3.63) is 57.6 Å². The summed E-state index contributed by atoms with van der Waals surface area (Å²) in [7, 11) is 0. The van der Waals surface area contributed by atoms with Crippen molar-refractivity contribution in [1.29, 1.82) is 0 Å². The second-order valence-electron chi connectivity index (χ2n) is 4.93. The molecular weight excluding hydrogens is 330 g/mol. The van der Waals surface area contributed by atoms with Gasteiger partial charge in [-0.25, -0.2) is 4.39 Å². The zero-order valence-electron chi connectivity index (χ0n) is 11.4. The third kappa shape index (κ3) is 2.62. The molecule has 2 atom stereocenters. The number of hydrogen-bond acceptors (Lipinski definition) is 3. The molecule has 1 aromatic heterocycles. The number of rotatable bonds is 2. The van der Waals surface area contributed by atoms with Crippen molar-refractivity contribution in [2.45, 2.75) is 19.1 Å². The van der Waals surface area contributed by atoms with Gasteiger partial charge in [0.1, 0.15) is 17.7 Å². The number of carbonyl (C=O) groups is 1. The molecule has 2 aromatic rings. The average Bonchev–Trinajstić information content (AvgIpc) is 2.74. The van der Waals surface area contributed by atoms with Gasteiger partial charge in [-0.3, -0.25) is 9.78 Å². The lowest BCUT2D eigenvalue weighted by atomic mass is 10.0. The lowest BCUT2D eigenvalue weighted by molar-refractivity contribution is 0.0908. The van der Waals surface area contributed by atoms with E-state index in [-0.39, 0.29) is 21.7 Å². The summed E-state index contributed by atoms with van der Waals surface area (Å²) in [5, 5.41) is 3.14. The van der Waals surface area contributed by atoms with Crippen molar-refractivity contribution in [2.24, 2.45) is 0 Å². The molecule has 1 amide bonds.